The Balaban J connectivity index is 2.17. The Morgan fingerprint density at radius 1 is 1.14 bits per heavy atom. The zero-order chi connectivity index (χ0) is 15.3. The highest BCUT2D eigenvalue weighted by Gasteiger charge is 2.23. The summed E-state index contributed by atoms with van der Waals surface area (Å²) in [6, 6.07) is 3.52. The van der Waals surface area contributed by atoms with Crippen molar-refractivity contribution in [2.45, 2.75) is 62.5 Å². The van der Waals surface area contributed by atoms with E-state index >= 15 is 0 Å². The van der Waals surface area contributed by atoms with Gasteiger partial charge in [0, 0.05) is 6.04 Å². The molecule has 0 radical (unpaired) electrons. The van der Waals surface area contributed by atoms with Crippen molar-refractivity contribution in [3.63, 3.8) is 0 Å². The van der Waals surface area contributed by atoms with Crippen LogP contribution < -0.4 is 4.72 Å². The highest BCUT2D eigenvalue weighted by molar-refractivity contribution is 7.89. The van der Waals surface area contributed by atoms with Gasteiger partial charge in [-0.05, 0) is 30.5 Å². The lowest BCUT2D eigenvalue weighted by Gasteiger charge is -2.21. The van der Waals surface area contributed by atoms with E-state index in [4.69, 9.17) is 5.11 Å². The molecule has 0 saturated heterocycles. The minimum Gasteiger partial charge on any atom is -0.392 e. The molecule has 0 spiro atoms. The Morgan fingerprint density at radius 2 is 1.76 bits per heavy atom. The SMILES string of the molecule is O=S(=O)(NC1CCCCCCC1)c1cc(CO)ccc1F. The summed E-state index contributed by atoms with van der Waals surface area (Å²) < 4.78 is 41.1. The van der Waals surface area contributed by atoms with Crippen molar-refractivity contribution < 1.29 is 17.9 Å². The quantitative estimate of drug-likeness (QED) is 0.898. The molecule has 0 heterocycles. The molecule has 0 amide bonds. The van der Waals surface area contributed by atoms with Crippen molar-refractivity contribution in [3.05, 3.63) is 29.6 Å². The van der Waals surface area contributed by atoms with Gasteiger partial charge in [-0.3, -0.25) is 0 Å². The minimum atomic E-state index is -3.89. The topological polar surface area (TPSA) is 66.4 Å². The first kappa shape index (κ1) is 16.4. The molecule has 0 atom stereocenters. The Labute approximate surface area is 125 Å². The maximum absolute atomic E-state index is 13.8. The molecule has 1 aromatic rings. The molecule has 2 rings (SSSR count). The fourth-order valence-corrected chi connectivity index (χ4v) is 4.14. The van der Waals surface area contributed by atoms with Gasteiger partial charge in [-0.25, -0.2) is 17.5 Å². The van der Waals surface area contributed by atoms with Gasteiger partial charge in [-0.2, -0.15) is 0 Å². The van der Waals surface area contributed by atoms with Gasteiger partial charge in [0.15, 0.2) is 0 Å². The maximum atomic E-state index is 13.8. The van der Waals surface area contributed by atoms with Crippen molar-refractivity contribution in [1.82, 2.24) is 4.72 Å². The van der Waals surface area contributed by atoms with Crippen LogP contribution >= 0.6 is 0 Å². The second kappa shape index (κ2) is 7.33. The van der Waals surface area contributed by atoms with E-state index in [0.29, 0.717) is 5.56 Å². The van der Waals surface area contributed by atoms with E-state index in [1.54, 1.807) is 0 Å². The second-order valence-electron chi connectivity index (χ2n) is 5.59. The number of aliphatic hydroxyl groups is 1. The van der Waals surface area contributed by atoms with E-state index in [2.05, 4.69) is 4.72 Å². The van der Waals surface area contributed by atoms with Crippen LogP contribution in [0.1, 0.15) is 50.5 Å². The summed E-state index contributed by atoms with van der Waals surface area (Å²) >= 11 is 0. The number of nitrogens with one attached hydrogen (secondary N) is 1. The molecule has 0 bridgehead atoms. The van der Waals surface area contributed by atoms with E-state index in [1.165, 1.54) is 18.6 Å². The summed E-state index contributed by atoms with van der Waals surface area (Å²) in [5, 5.41) is 9.07. The number of benzene rings is 1. The zero-order valence-electron chi connectivity index (χ0n) is 12.0. The van der Waals surface area contributed by atoms with Crippen LogP contribution in [0, 0.1) is 5.82 Å². The van der Waals surface area contributed by atoms with E-state index in [0.717, 1.165) is 44.6 Å². The minimum absolute atomic E-state index is 0.132. The lowest BCUT2D eigenvalue weighted by Crippen LogP contribution is -2.35. The van der Waals surface area contributed by atoms with Gasteiger partial charge in [0.05, 0.1) is 6.61 Å². The fraction of sp³-hybridized carbons (Fsp3) is 0.600. The number of aliphatic hydroxyl groups excluding tert-OH is 1. The summed E-state index contributed by atoms with van der Waals surface area (Å²) in [6.07, 6.45) is 7.01. The Hall–Kier alpha value is -0.980. The molecule has 0 aliphatic heterocycles. The van der Waals surface area contributed by atoms with Gasteiger partial charge in [0.2, 0.25) is 10.0 Å². The van der Waals surface area contributed by atoms with Crippen molar-refractivity contribution in [2.75, 3.05) is 0 Å². The smallest absolute Gasteiger partial charge is 0.243 e. The maximum Gasteiger partial charge on any atom is 0.243 e. The van der Waals surface area contributed by atoms with Crippen molar-refractivity contribution >= 4 is 10.0 Å². The molecule has 2 N–H and O–H groups in total. The van der Waals surface area contributed by atoms with E-state index in [-0.39, 0.29) is 17.5 Å². The van der Waals surface area contributed by atoms with Crippen LogP contribution in [-0.2, 0) is 16.6 Å². The molecule has 0 aromatic heterocycles. The first-order valence-electron chi connectivity index (χ1n) is 7.44. The van der Waals surface area contributed by atoms with Crippen LogP contribution in [0.5, 0.6) is 0 Å². The highest BCUT2D eigenvalue weighted by atomic mass is 32.2. The van der Waals surface area contributed by atoms with Gasteiger partial charge in [-0.1, -0.05) is 38.2 Å². The van der Waals surface area contributed by atoms with Gasteiger partial charge in [0.25, 0.3) is 0 Å². The highest BCUT2D eigenvalue weighted by Crippen LogP contribution is 2.21. The molecule has 1 aliphatic carbocycles. The largest absolute Gasteiger partial charge is 0.392 e. The number of sulfonamides is 1. The Bertz CT molecular complexity index is 566. The zero-order valence-corrected chi connectivity index (χ0v) is 12.8. The lowest BCUT2D eigenvalue weighted by molar-refractivity contribution is 0.281. The third kappa shape index (κ3) is 4.49. The molecular weight excluding hydrogens is 293 g/mol. The monoisotopic (exact) mass is 315 g/mol. The van der Waals surface area contributed by atoms with Gasteiger partial charge in [-0.15, -0.1) is 0 Å². The molecule has 118 valence electrons. The first-order valence-corrected chi connectivity index (χ1v) is 8.93. The molecule has 1 aliphatic rings. The Kier molecular flexibility index (Phi) is 5.72. The van der Waals surface area contributed by atoms with Gasteiger partial charge < -0.3 is 5.11 Å². The van der Waals surface area contributed by atoms with Crippen LogP contribution in [0.3, 0.4) is 0 Å². The van der Waals surface area contributed by atoms with Gasteiger partial charge in [0.1, 0.15) is 10.7 Å². The predicted octanol–water partition coefficient (Wildman–Crippen LogP) is 2.71. The fourth-order valence-electron chi connectivity index (χ4n) is 2.71. The number of hydrogen-bond acceptors (Lipinski definition) is 3. The molecule has 1 saturated carbocycles. The van der Waals surface area contributed by atoms with Crippen LogP contribution in [0.15, 0.2) is 23.1 Å². The van der Waals surface area contributed by atoms with E-state index in [1.807, 2.05) is 0 Å². The van der Waals surface area contributed by atoms with Crippen molar-refractivity contribution in [3.8, 4) is 0 Å². The summed E-state index contributed by atoms with van der Waals surface area (Å²) in [5.41, 5.74) is 0.384. The molecule has 21 heavy (non-hydrogen) atoms. The first-order chi connectivity index (χ1) is 10.0. The second-order valence-corrected chi connectivity index (χ2v) is 7.27. The van der Waals surface area contributed by atoms with Crippen LogP contribution in [-0.4, -0.2) is 19.6 Å². The van der Waals surface area contributed by atoms with E-state index < -0.39 is 15.8 Å². The molecular formula is C15H22FNO3S. The number of hydrogen-bond donors (Lipinski definition) is 2. The van der Waals surface area contributed by atoms with Crippen molar-refractivity contribution in [1.29, 1.82) is 0 Å². The number of halogens is 1. The summed E-state index contributed by atoms with van der Waals surface area (Å²) in [4.78, 5) is -0.379. The van der Waals surface area contributed by atoms with Crippen LogP contribution in [0.25, 0.3) is 0 Å². The van der Waals surface area contributed by atoms with Crippen LogP contribution in [0.4, 0.5) is 4.39 Å². The summed E-state index contributed by atoms with van der Waals surface area (Å²) in [6.45, 7) is -0.313. The average Bonchev–Trinajstić information content (AvgIpc) is 2.42. The van der Waals surface area contributed by atoms with E-state index in [9.17, 15) is 12.8 Å². The third-order valence-electron chi connectivity index (χ3n) is 3.89. The van der Waals surface area contributed by atoms with Crippen LogP contribution in [0.2, 0.25) is 0 Å². The average molecular weight is 315 g/mol. The number of rotatable bonds is 4. The molecule has 4 nitrogen and oxygen atoms in total. The molecule has 6 heteroatoms. The molecule has 1 fully saturated rings. The molecule has 1 aromatic carbocycles. The third-order valence-corrected chi connectivity index (χ3v) is 5.43. The lowest BCUT2D eigenvalue weighted by atomic mass is 9.97. The summed E-state index contributed by atoms with van der Waals surface area (Å²) in [7, 11) is -3.89. The predicted molar refractivity (Wildman–Crippen MR) is 78.8 cm³/mol. The normalized spacial score (nSPS) is 18.2. The van der Waals surface area contributed by atoms with Crippen molar-refractivity contribution in [2.24, 2.45) is 0 Å². The molecule has 0 unspecified atom stereocenters. The summed E-state index contributed by atoms with van der Waals surface area (Å²) in [5.74, 6) is -0.787. The Morgan fingerprint density at radius 3 is 2.38 bits per heavy atom. The van der Waals surface area contributed by atoms with Gasteiger partial charge >= 0.3 is 0 Å². The standard InChI is InChI=1S/C15H22FNO3S/c16-14-9-8-12(11-18)10-15(14)21(19,20)17-13-6-4-2-1-3-5-7-13/h8-10,13,17-18H,1-7,11H2.